The summed E-state index contributed by atoms with van der Waals surface area (Å²) in [5.41, 5.74) is 0.429. The molecule has 2 rings (SSSR count). The Kier molecular flexibility index (Phi) is 3.85. The third-order valence-corrected chi connectivity index (χ3v) is 2.53. The average molecular weight is 275 g/mol. The summed E-state index contributed by atoms with van der Waals surface area (Å²) in [6.07, 6.45) is 6.27. The second kappa shape index (κ2) is 5.42. The molecule has 0 aromatic carbocycles. The number of fused-ring (bicyclic) bond motifs is 1. The molecule has 2 aromatic heterocycles. The zero-order valence-corrected chi connectivity index (χ0v) is 11.7. The number of aromatic nitrogens is 3. The van der Waals surface area contributed by atoms with Crippen molar-refractivity contribution in [1.29, 1.82) is 0 Å². The van der Waals surface area contributed by atoms with E-state index in [0.29, 0.717) is 16.9 Å². The Balaban J connectivity index is 2.39. The molecule has 0 aliphatic carbocycles. The van der Waals surface area contributed by atoms with Crippen LogP contribution in [-0.4, -0.2) is 38.0 Å². The van der Waals surface area contributed by atoms with Crippen LogP contribution < -0.4 is 4.74 Å². The van der Waals surface area contributed by atoms with E-state index in [2.05, 4.69) is 15.0 Å². The molecular weight excluding hydrogens is 258 g/mol. The Morgan fingerprint density at radius 1 is 1.50 bits per heavy atom. The minimum Gasteiger partial charge on any atom is -0.474 e. The van der Waals surface area contributed by atoms with Crippen LogP contribution >= 0.6 is 0 Å². The number of nitrogens with one attached hydrogen (secondary N) is 1. The van der Waals surface area contributed by atoms with Crippen LogP contribution in [0.3, 0.4) is 0 Å². The number of ether oxygens (including phenoxy) is 1. The summed E-state index contributed by atoms with van der Waals surface area (Å²) in [4.78, 5) is 22.2. The molecule has 2 aromatic rings. The van der Waals surface area contributed by atoms with Gasteiger partial charge < -0.3 is 14.8 Å². The number of aliphatic hydroxyl groups is 1. The first-order chi connectivity index (χ1) is 9.37. The normalized spacial score (nSPS) is 12.2. The molecule has 2 heterocycles. The Morgan fingerprint density at radius 2 is 2.25 bits per heavy atom. The van der Waals surface area contributed by atoms with E-state index in [4.69, 9.17) is 4.74 Å². The average Bonchev–Trinajstić information content (AvgIpc) is 2.76. The number of allylic oxidation sites excluding steroid dienone is 1. The molecule has 0 amide bonds. The Labute approximate surface area is 116 Å². The fourth-order valence-electron chi connectivity index (χ4n) is 1.65. The quantitative estimate of drug-likeness (QED) is 0.811. The molecule has 0 aliphatic heterocycles. The number of nitrogens with zero attached hydrogens (tertiary/aromatic N) is 2. The zero-order valence-electron chi connectivity index (χ0n) is 11.7. The van der Waals surface area contributed by atoms with Crippen molar-refractivity contribution < 1.29 is 14.6 Å². The molecule has 6 heteroatoms. The van der Waals surface area contributed by atoms with E-state index in [0.717, 1.165) is 5.56 Å². The van der Waals surface area contributed by atoms with Crippen LogP contribution in [0.1, 0.15) is 26.3 Å². The van der Waals surface area contributed by atoms with Crippen LogP contribution in [0.25, 0.3) is 17.1 Å². The molecule has 0 unspecified atom stereocenters. The molecule has 0 aliphatic rings. The molecule has 20 heavy (non-hydrogen) atoms. The SMILES string of the molecule is CC(=O)C=Cc1c[nH]c2ncnc(OCC(C)(C)O)c12. The second-order valence-corrected chi connectivity index (χ2v) is 5.19. The molecule has 0 spiro atoms. The molecule has 0 atom stereocenters. The predicted molar refractivity (Wildman–Crippen MR) is 75.4 cm³/mol. The van der Waals surface area contributed by atoms with Gasteiger partial charge in [0.1, 0.15) is 18.6 Å². The minimum atomic E-state index is -0.955. The smallest absolute Gasteiger partial charge is 0.226 e. The van der Waals surface area contributed by atoms with Gasteiger partial charge in [-0.2, -0.15) is 0 Å². The number of hydrogen-bond acceptors (Lipinski definition) is 5. The number of hydrogen-bond donors (Lipinski definition) is 2. The van der Waals surface area contributed by atoms with E-state index in [1.165, 1.54) is 19.3 Å². The highest BCUT2D eigenvalue weighted by Crippen LogP contribution is 2.26. The topological polar surface area (TPSA) is 88.1 Å². The van der Waals surface area contributed by atoms with Crippen molar-refractivity contribution in [3.63, 3.8) is 0 Å². The van der Waals surface area contributed by atoms with Crippen molar-refractivity contribution >= 4 is 22.9 Å². The molecule has 0 saturated heterocycles. The van der Waals surface area contributed by atoms with Crippen molar-refractivity contribution in [2.75, 3.05) is 6.61 Å². The van der Waals surface area contributed by atoms with E-state index in [9.17, 15) is 9.90 Å². The lowest BCUT2D eigenvalue weighted by atomic mass is 10.1. The first-order valence-corrected chi connectivity index (χ1v) is 6.23. The van der Waals surface area contributed by atoms with E-state index < -0.39 is 5.60 Å². The molecule has 0 saturated carbocycles. The van der Waals surface area contributed by atoms with Gasteiger partial charge in [-0.15, -0.1) is 0 Å². The maximum absolute atomic E-state index is 11.0. The van der Waals surface area contributed by atoms with Gasteiger partial charge in [-0.1, -0.05) is 0 Å². The van der Waals surface area contributed by atoms with Crippen LogP contribution in [0, 0.1) is 0 Å². The number of carbonyl (C=O) groups excluding carboxylic acids is 1. The van der Waals surface area contributed by atoms with Crippen LogP contribution in [0.15, 0.2) is 18.6 Å². The number of ketones is 1. The van der Waals surface area contributed by atoms with Gasteiger partial charge in [0, 0.05) is 11.8 Å². The van der Waals surface area contributed by atoms with Crippen LogP contribution in [0.5, 0.6) is 5.88 Å². The third kappa shape index (κ3) is 3.42. The van der Waals surface area contributed by atoms with Gasteiger partial charge in [-0.3, -0.25) is 4.79 Å². The van der Waals surface area contributed by atoms with E-state index in [-0.39, 0.29) is 12.4 Å². The highest BCUT2D eigenvalue weighted by molar-refractivity contribution is 5.96. The Hall–Kier alpha value is -2.21. The number of aromatic amines is 1. The molecule has 0 radical (unpaired) electrons. The molecule has 0 fully saturated rings. The van der Waals surface area contributed by atoms with Gasteiger partial charge in [0.25, 0.3) is 0 Å². The molecule has 2 N–H and O–H groups in total. The van der Waals surface area contributed by atoms with Gasteiger partial charge in [-0.05, 0) is 32.9 Å². The highest BCUT2D eigenvalue weighted by atomic mass is 16.5. The summed E-state index contributed by atoms with van der Waals surface area (Å²) < 4.78 is 5.55. The summed E-state index contributed by atoms with van der Waals surface area (Å²) in [7, 11) is 0. The Bertz CT molecular complexity index is 653. The zero-order chi connectivity index (χ0) is 14.8. The van der Waals surface area contributed by atoms with E-state index >= 15 is 0 Å². The first kappa shape index (κ1) is 14.2. The van der Waals surface area contributed by atoms with Gasteiger partial charge in [0.15, 0.2) is 5.78 Å². The van der Waals surface area contributed by atoms with Gasteiger partial charge in [0.2, 0.25) is 5.88 Å². The number of rotatable bonds is 5. The minimum absolute atomic E-state index is 0.0461. The summed E-state index contributed by atoms with van der Waals surface area (Å²) in [5, 5.41) is 10.4. The van der Waals surface area contributed by atoms with Gasteiger partial charge >= 0.3 is 0 Å². The second-order valence-electron chi connectivity index (χ2n) is 5.19. The fourth-order valence-corrected chi connectivity index (χ4v) is 1.65. The lowest BCUT2D eigenvalue weighted by Crippen LogP contribution is -2.28. The standard InChI is InChI=1S/C14H17N3O3/c1-9(18)4-5-10-6-15-12-11(10)13(17-8-16-12)20-7-14(2,3)19/h4-6,8,19H,7H2,1-3H3,(H,15,16,17). The van der Waals surface area contributed by atoms with Crippen LogP contribution in [0.2, 0.25) is 0 Å². The molecule has 106 valence electrons. The molecular formula is C14H17N3O3. The lowest BCUT2D eigenvalue weighted by molar-refractivity contribution is -0.112. The Morgan fingerprint density at radius 3 is 2.90 bits per heavy atom. The van der Waals surface area contributed by atoms with Crippen LogP contribution in [-0.2, 0) is 4.79 Å². The van der Waals surface area contributed by atoms with Crippen molar-refractivity contribution in [1.82, 2.24) is 15.0 Å². The van der Waals surface area contributed by atoms with Gasteiger partial charge in [-0.25, -0.2) is 9.97 Å². The maximum Gasteiger partial charge on any atom is 0.226 e. The number of carbonyl (C=O) groups is 1. The van der Waals surface area contributed by atoms with Crippen molar-refractivity contribution in [3.05, 3.63) is 24.2 Å². The van der Waals surface area contributed by atoms with Gasteiger partial charge in [0.05, 0.1) is 11.0 Å². The molecule has 0 bridgehead atoms. The lowest BCUT2D eigenvalue weighted by Gasteiger charge is -2.17. The summed E-state index contributed by atoms with van der Waals surface area (Å²) in [5.74, 6) is 0.330. The number of H-pyrrole nitrogens is 1. The van der Waals surface area contributed by atoms with E-state index in [1.807, 2.05) is 0 Å². The summed E-state index contributed by atoms with van der Waals surface area (Å²) >= 11 is 0. The largest absolute Gasteiger partial charge is 0.474 e. The maximum atomic E-state index is 11.0. The fraction of sp³-hybridized carbons (Fsp3) is 0.357. The van der Waals surface area contributed by atoms with E-state index in [1.54, 1.807) is 26.1 Å². The monoisotopic (exact) mass is 275 g/mol. The van der Waals surface area contributed by atoms with Crippen molar-refractivity contribution in [2.45, 2.75) is 26.4 Å². The first-order valence-electron chi connectivity index (χ1n) is 6.23. The summed E-state index contributed by atoms with van der Waals surface area (Å²) in [6, 6.07) is 0. The predicted octanol–water partition coefficient (Wildman–Crippen LogP) is 1.71. The molecule has 6 nitrogen and oxygen atoms in total. The summed E-state index contributed by atoms with van der Waals surface area (Å²) in [6.45, 7) is 4.89. The highest BCUT2D eigenvalue weighted by Gasteiger charge is 2.16. The van der Waals surface area contributed by atoms with Crippen molar-refractivity contribution in [3.8, 4) is 5.88 Å². The van der Waals surface area contributed by atoms with Crippen molar-refractivity contribution in [2.24, 2.45) is 0 Å². The third-order valence-electron chi connectivity index (χ3n) is 2.53. The van der Waals surface area contributed by atoms with Crippen LogP contribution in [0.4, 0.5) is 0 Å².